The summed E-state index contributed by atoms with van der Waals surface area (Å²) >= 11 is 0. The first-order valence-electron chi connectivity index (χ1n) is 8.43. The Morgan fingerprint density at radius 2 is 2.09 bits per heavy atom. The van der Waals surface area contributed by atoms with Gasteiger partial charge in [0.05, 0.1) is 6.04 Å². The van der Waals surface area contributed by atoms with Crippen molar-refractivity contribution in [1.29, 1.82) is 0 Å². The van der Waals surface area contributed by atoms with E-state index >= 15 is 0 Å². The molecule has 0 saturated carbocycles. The van der Waals surface area contributed by atoms with E-state index in [1.54, 1.807) is 0 Å². The maximum atomic E-state index is 5.47. The Hall–Kier alpha value is -1.61. The van der Waals surface area contributed by atoms with E-state index in [1.807, 2.05) is 0 Å². The Bertz CT molecular complexity index is 632. The average molecular weight is 298 g/mol. The van der Waals surface area contributed by atoms with Crippen LogP contribution in [0.2, 0.25) is 0 Å². The van der Waals surface area contributed by atoms with Gasteiger partial charge in [0, 0.05) is 19.0 Å². The number of hydrogen-bond acceptors (Lipinski definition) is 3. The molecule has 0 N–H and O–H groups in total. The first-order valence-corrected chi connectivity index (χ1v) is 8.43. The minimum absolute atomic E-state index is 0.413. The maximum absolute atomic E-state index is 5.47. The van der Waals surface area contributed by atoms with E-state index in [0.29, 0.717) is 6.04 Å². The molecule has 2 heterocycles. The van der Waals surface area contributed by atoms with Gasteiger partial charge in [0.1, 0.15) is 11.5 Å². The van der Waals surface area contributed by atoms with E-state index in [9.17, 15) is 0 Å². The summed E-state index contributed by atoms with van der Waals surface area (Å²) in [6.45, 7) is 8.68. The van der Waals surface area contributed by atoms with Crippen molar-refractivity contribution in [2.75, 3.05) is 6.54 Å². The van der Waals surface area contributed by atoms with Gasteiger partial charge in [-0.2, -0.15) is 0 Å². The summed E-state index contributed by atoms with van der Waals surface area (Å²) < 4.78 is 5.47. The number of hydrogen-bond donors (Lipinski definition) is 0. The number of aryl methyl sites for hydroxylation is 3. The normalized spacial score (nSPS) is 19.0. The van der Waals surface area contributed by atoms with Gasteiger partial charge < -0.3 is 4.52 Å². The van der Waals surface area contributed by atoms with Crippen LogP contribution in [-0.4, -0.2) is 16.6 Å². The van der Waals surface area contributed by atoms with Crippen molar-refractivity contribution in [3.8, 4) is 0 Å². The number of benzene rings is 1. The van der Waals surface area contributed by atoms with Crippen LogP contribution in [0.15, 0.2) is 28.8 Å². The molecule has 1 aromatic heterocycles. The SMILES string of the molecule is CCCc1cc(C2CCCN2Cc2ccc(C)c(C)c2)no1. The lowest BCUT2D eigenvalue weighted by molar-refractivity contribution is 0.236. The molecule has 1 atom stereocenters. The van der Waals surface area contributed by atoms with Gasteiger partial charge in [0.25, 0.3) is 0 Å². The van der Waals surface area contributed by atoms with E-state index < -0.39 is 0 Å². The summed E-state index contributed by atoms with van der Waals surface area (Å²) in [5.41, 5.74) is 5.25. The summed E-state index contributed by atoms with van der Waals surface area (Å²) in [7, 11) is 0. The third kappa shape index (κ3) is 3.25. The van der Waals surface area contributed by atoms with E-state index in [1.165, 1.54) is 29.5 Å². The van der Waals surface area contributed by atoms with Crippen molar-refractivity contribution in [1.82, 2.24) is 10.1 Å². The number of nitrogens with zero attached hydrogens (tertiary/aromatic N) is 2. The average Bonchev–Trinajstić information content (AvgIpc) is 3.12. The zero-order valence-corrected chi connectivity index (χ0v) is 13.9. The van der Waals surface area contributed by atoms with Crippen molar-refractivity contribution in [3.05, 3.63) is 52.4 Å². The lowest BCUT2D eigenvalue weighted by atomic mass is 10.1. The van der Waals surface area contributed by atoms with Gasteiger partial charge in [-0.05, 0) is 56.3 Å². The number of rotatable bonds is 5. The summed E-state index contributed by atoms with van der Waals surface area (Å²) in [5, 5.41) is 4.32. The molecule has 0 amide bonds. The molecule has 1 fully saturated rings. The Morgan fingerprint density at radius 1 is 1.23 bits per heavy atom. The molecule has 1 aliphatic heterocycles. The molecule has 22 heavy (non-hydrogen) atoms. The van der Waals surface area contributed by atoms with Crippen molar-refractivity contribution >= 4 is 0 Å². The first-order chi connectivity index (χ1) is 10.7. The summed E-state index contributed by atoms with van der Waals surface area (Å²) in [6.07, 6.45) is 4.51. The highest BCUT2D eigenvalue weighted by Gasteiger charge is 2.28. The van der Waals surface area contributed by atoms with Crippen molar-refractivity contribution in [3.63, 3.8) is 0 Å². The van der Waals surface area contributed by atoms with Crippen LogP contribution in [0.25, 0.3) is 0 Å². The second-order valence-corrected chi connectivity index (χ2v) is 6.52. The second kappa shape index (κ2) is 6.66. The van der Waals surface area contributed by atoms with Gasteiger partial charge in [-0.1, -0.05) is 30.3 Å². The zero-order chi connectivity index (χ0) is 15.5. The largest absolute Gasteiger partial charge is 0.361 e. The van der Waals surface area contributed by atoms with Crippen molar-refractivity contribution < 1.29 is 4.52 Å². The molecule has 0 bridgehead atoms. The Labute approximate surface area is 133 Å². The number of aromatic nitrogens is 1. The zero-order valence-electron chi connectivity index (χ0n) is 13.9. The van der Waals surface area contributed by atoms with E-state index in [4.69, 9.17) is 4.52 Å². The van der Waals surface area contributed by atoms with E-state index in [0.717, 1.165) is 37.4 Å². The third-order valence-electron chi connectivity index (χ3n) is 4.74. The van der Waals surface area contributed by atoms with Gasteiger partial charge >= 0.3 is 0 Å². The second-order valence-electron chi connectivity index (χ2n) is 6.52. The van der Waals surface area contributed by atoms with Gasteiger partial charge in [-0.25, -0.2) is 0 Å². The monoisotopic (exact) mass is 298 g/mol. The Balaban J connectivity index is 1.73. The molecule has 1 unspecified atom stereocenters. The molecule has 0 radical (unpaired) electrons. The molecule has 2 aromatic rings. The topological polar surface area (TPSA) is 29.3 Å². The summed E-state index contributed by atoms with van der Waals surface area (Å²) in [5.74, 6) is 1.02. The maximum Gasteiger partial charge on any atom is 0.137 e. The molecule has 1 aromatic carbocycles. The Morgan fingerprint density at radius 3 is 2.86 bits per heavy atom. The fourth-order valence-electron chi connectivity index (χ4n) is 3.34. The molecule has 0 spiro atoms. The van der Waals surface area contributed by atoms with Crippen LogP contribution >= 0.6 is 0 Å². The minimum Gasteiger partial charge on any atom is -0.361 e. The summed E-state index contributed by atoms with van der Waals surface area (Å²) in [4.78, 5) is 2.54. The van der Waals surface area contributed by atoms with E-state index in [2.05, 4.69) is 55.1 Å². The summed E-state index contributed by atoms with van der Waals surface area (Å²) in [6, 6.07) is 9.37. The standard InChI is InChI=1S/C19H26N2O/c1-4-6-17-12-18(20-22-17)19-7-5-10-21(19)13-16-9-8-14(2)15(3)11-16/h8-9,11-12,19H,4-7,10,13H2,1-3H3. The molecule has 1 saturated heterocycles. The van der Waals surface area contributed by atoms with Crippen LogP contribution < -0.4 is 0 Å². The lowest BCUT2D eigenvalue weighted by Gasteiger charge is -2.23. The van der Waals surface area contributed by atoms with Crippen LogP contribution in [0.3, 0.4) is 0 Å². The molecule has 3 heteroatoms. The van der Waals surface area contributed by atoms with E-state index in [-0.39, 0.29) is 0 Å². The molecule has 118 valence electrons. The van der Waals surface area contributed by atoms with Crippen LogP contribution in [0.4, 0.5) is 0 Å². The predicted molar refractivity (Wildman–Crippen MR) is 88.8 cm³/mol. The highest BCUT2D eigenvalue weighted by Crippen LogP contribution is 2.33. The molecular formula is C19H26N2O. The number of likely N-dealkylation sites (tertiary alicyclic amines) is 1. The van der Waals surface area contributed by atoms with Gasteiger partial charge in [-0.15, -0.1) is 0 Å². The minimum atomic E-state index is 0.413. The highest BCUT2D eigenvalue weighted by atomic mass is 16.5. The van der Waals surface area contributed by atoms with Gasteiger partial charge in [0.2, 0.25) is 0 Å². The molecule has 0 aliphatic carbocycles. The van der Waals surface area contributed by atoms with Gasteiger partial charge in [0.15, 0.2) is 0 Å². The van der Waals surface area contributed by atoms with Crippen molar-refractivity contribution in [2.45, 2.75) is 59.0 Å². The third-order valence-corrected chi connectivity index (χ3v) is 4.74. The van der Waals surface area contributed by atoms with Crippen LogP contribution in [-0.2, 0) is 13.0 Å². The van der Waals surface area contributed by atoms with Crippen LogP contribution in [0, 0.1) is 13.8 Å². The van der Waals surface area contributed by atoms with Crippen molar-refractivity contribution in [2.24, 2.45) is 0 Å². The fraction of sp³-hybridized carbons (Fsp3) is 0.526. The predicted octanol–water partition coefficient (Wildman–Crippen LogP) is 4.58. The quantitative estimate of drug-likeness (QED) is 0.809. The highest BCUT2D eigenvalue weighted by molar-refractivity contribution is 5.30. The lowest BCUT2D eigenvalue weighted by Crippen LogP contribution is -2.23. The molecular weight excluding hydrogens is 272 g/mol. The fourth-order valence-corrected chi connectivity index (χ4v) is 3.34. The Kier molecular flexibility index (Phi) is 4.63. The molecule has 3 rings (SSSR count). The van der Waals surface area contributed by atoms with Crippen LogP contribution in [0.1, 0.15) is 60.4 Å². The smallest absolute Gasteiger partial charge is 0.137 e. The molecule has 1 aliphatic rings. The molecule has 3 nitrogen and oxygen atoms in total. The van der Waals surface area contributed by atoms with Gasteiger partial charge in [-0.3, -0.25) is 4.90 Å². The van der Waals surface area contributed by atoms with Crippen LogP contribution in [0.5, 0.6) is 0 Å². The first kappa shape index (κ1) is 15.3.